The highest BCUT2D eigenvalue weighted by atomic mass is 19.4. The largest absolute Gasteiger partial charge is 0.522 e. The molecule has 0 spiro atoms. The molecule has 1 fully saturated rings. The number of halogens is 3. The van der Waals surface area contributed by atoms with Gasteiger partial charge in [-0.05, 0) is 13.8 Å². The quantitative estimate of drug-likeness (QED) is 0.684. The minimum Gasteiger partial charge on any atom is -0.300 e. The van der Waals surface area contributed by atoms with Crippen LogP contribution in [0.3, 0.4) is 0 Å². The zero-order valence-corrected chi connectivity index (χ0v) is 7.77. The number of hydrogen-bond acceptors (Lipinski definition) is 2. The van der Waals surface area contributed by atoms with E-state index in [0.29, 0.717) is 19.1 Å². The molecule has 1 aliphatic heterocycles. The van der Waals surface area contributed by atoms with Gasteiger partial charge in [0.05, 0.1) is 6.61 Å². The van der Waals surface area contributed by atoms with Crippen LogP contribution in [0.4, 0.5) is 13.2 Å². The first kappa shape index (κ1) is 10.8. The third kappa shape index (κ3) is 3.52. The molecule has 0 amide bonds. The first-order valence-electron chi connectivity index (χ1n) is 4.33. The number of nitrogens with zero attached hydrogens (tertiary/aromatic N) is 1. The van der Waals surface area contributed by atoms with Crippen LogP contribution < -0.4 is 0 Å². The molecule has 0 saturated carbocycles. The average Bonchev–Trinajstić information content (AvgIpc) is 1.79. The van der Waals surface area contributed by atoms with Gasteiger partial charge in [0.1, 0.15) is 0 Å². The Morgan fingerprint density at radius 2 is 1.92 bits per heavy atom. The molecule has 0 aromatic heterocycles. The predicted molar refractivity (Wildman–Crippen MR) is 42.2 cm³/mol. The molecule has 0 radical (unpaired) electrons. The Balaban J connectivity index is 2.09. The van der Waals surface area contributed by atoms with Crippen molar-refractivity contribution in [1.29, 1.82) is 0 Å². The molecule has 1 heterocycles. The van der Waals surface area contributed by atoms with Crippen LogP contribution in [0.5, 0.6) is 0 Å². The number of rotatable bonds is 3. The lowest BCUT2D eigenvalue weighted by molar-refractivity contribution is -0.331. The van der Waals surface area contributed by atoms with Crippen LogP contribution in [0.15, 0.2) is 0 Å². The van der Waals surface area contributed by atoms with E-state index in [-0.39, 0.29) is 12.5 Å². The van der Waals surface area contributed by atoms with E-state index in [4.69, 9.17) is 0 Å². The second kappa shape index (κ2) is 3.84. The maximum atomic E-state index is 11.6. The lowest BCUT2D eigenvalue weighted by atomic mass is 9.99. The molecule has 1 rings (SSSR count). The zero-order chi connectivity index (χ0) is 10.1. The number of alkyl halides is 3. The lowest BCUT2D eigenvalue weighted by Gasteiger charge is -2.41. The highest BCUT2D eigenvalue weighted by Crippen LogP contribution is 2.23. The van der Waals surface area contributed by atoms with Crippen molar-refractivity contribution in [2.45, 2.75) is 26.3 Å². The van der Waals surface area contributed by atoms with Gasteiger partial charge >= 0.3 is 6.36 Å². The van der Waals surface area contributed by atoms with Gasteiger partial charge in [-0.2, -0.15) is 0 Å². The first-order valence-corrected chi connectivity index (χ1v) is 4.33. The Hall–Kier alpha value is -0.290. The summed E-state index contributed by atoms with van der Waals surface area (Å²) in [4.78, 5) is 2.12. The highest BCUT2D eigenvalue weighted by molar-refractivity contribution is 4.81. The molecule has 5 heteroatoms. The Kier molecular flexibility index (Phi) is 3.18. The van der Waals surface area contributed by atoms with Crippen molar-refractivity contribution in [3.05, 3.63) is 0 Å². The van der Waals surface area contributed by atoms with Crippen LogP contribution in [0.1, 0.15) is 13.8 Å². The van der Waals surface area contributed by atoms with Crippen molar-refractivity contribution in [1.82, 2.24) is 4.90 Å². The molecule has 0 aliphatic carbocycles. The molecule has 13 heavy (non-hydrogen) atoms. The second-order valence-electron chi connectivity index (χ2n) is 3.67. The summed E-state index contributed by atoms with van der Waals surface area (Å²) in [6.07, 6.45) is -4.47. The maximum Gasteiger partial charge on any atom is 0.522 e. The second-order valence-corrected chi connectivity index (χ2v) is 3.67. The summed E-state index contributed by atoms with van der Waals surface area (Å²) in [5.74, 6) is 0.0454. The first-order chi connectivity index (χ1) is 5.88. The summed E-state index contributed by atoms with van der Waals surface area (Å²) in [7, 11) is 0. The number of ether oxygens (including phenoxy) is 1. The summed E-state index contributed by atoms with van der Waals surface area (Å²) in [5, 5.41) is 0. The van der Waals surface area contributed by atoms with Crippen LogP contribution in [-0.4, -0.2) is 37.0 Å². The summed E-state index contributed by atoms with van der Waals surface area (Å²) in [5.41, 5.74) is 0. The minimum atomic E-state index is -4.47. The summed E-state index contributed by atoms with van der Waals surface area (Å²) >= 11 is 0. The Bertz CT molecular complexity index is 163. The van der Waals surface area contributed by atoms with Crippen molar-refractivity contribution >= 4 is 0 Å². The van der Waals surface area contributed by atoms with Gasteiger partial charge in [-0.3, -0.25) is 4.74 Å². The summed E-state index contributed by atoms with van der Waals surface area (Å²) in [6, 6.07) is 0.419. The van der Waals surface area contributed by atoms with Crippen molar-refractivity contribution < 1.29 is 17.9 Å². The number of likely N-dealkylation sites (tertiary alicyclic amines) is 1. The molecule has 0 N–H and O–H groups in total. The molecule has 1 saturated heterocycles. The van der Waals surface area contributed by atoms with E-state index in [9.17, 15) is 13.2 Å². The fourth-order valence-corrected chi connectivity index (χ4v) is 1.35. The molecule has 0 unspecified atom stereocenters. The van der Waals surface area contributed by atoms with Gasteiger partial charge in [-0.25, -0.2) is 0 Å². The smallest absolute Gasteiger partial charge is 0.300 e. The van der Waals surface area contributed by atoms with E-state index >= 15 is 0 Å². The third-order valence-electron chi connectivity index (χ3n) is 2.20. The third-order valence-corrected chi connectivity index (χ3v) is 2.20. The van der Waals surface area contributed by atoms with Gasteiger partial charge in [0.2, 0.25) is 0 Å². The van der Waals surface area contributed by atoms with Crippen molar-refractivity contribution in [3.63, 3.8) is 0 Å². The monoisotopic (exact) mass is 197 g/mol. The van der Waals surface area contributed by atoms with Crippen LogP contribution in [0.2, 0.25) is 0 Å². The molecule has 2 nitrogen and oxygen atoms in total. The molecule has 78 valence electrons. The maximum absolute atomic E-state index is 11.6. The van der Waals surface area contributed by atoms with Gasteiger partial charge in [-0.15, -0.1) is 13.2 Å². The van der Waals surface area contributed by atoms with E-state index < -0.39 is 6.36 Å². The van der Waals surface area contributed by atoms with E-state index in [2.05, 4.69) is 9.64 Å². The van der Waals surface area contributed by atoms with Gasteiger partial charge in [0, 0.05) is 25.0 Å². The summed E-state index contributed by atoms with van der Waals surface area (Å²) < 4.78 is 38.5. The van der Waals surface area contributed by atoms with Crippen LogP contribution in [0.25, 0.3) is 0 Å². The van der Waals surface area contributed by atoms with Gasteiger partial charge in [0.15, 0.2) is 0 Å². The van der Waals surface area contributed by atoms with Gasteiger partial charge in [-0.1, -0.05) is 0 Å². The molecule has 0 atom stereocenters. The Labute approximate surface area is 75.7 Å². The minimum absolute atomic E-state index is 0.0454. The van der Waals surface area contributed by atoms with Crippen LogP contribution in [-0.2, 0) is 4.74 Å². The standard InChI is InChI=1S/C8H14F3NO/c1-6(2)12-3-7(4-12)5-13-8(9,10)11/h6-7H,3-5H2,1-2H3. The van der Waals surface area contributed by atoms with Crippen molar-refractivity contribution in [3.8, 4) is 0 Å². The molecular formula is C8H14F3NO. The van der Waals surface area contributed by atoms with E-state index in [1.54, 1.807) is 0 Å². The van der Waals surface area contributed by atoms with E-state index in [0.717, 1.165) is 0 Å². The molecular weight excluding hydrogens is 183 g/mol. The summed E-state index contributed by atoms with van der Waals surface area (Å²) in [6.45, 7) is 5.29. The van der Waals surface area contributed by atoms with Gasteiger partial charge < -0.3 is 4.90 Å². The normalized spacial score (nSPS) is 20.8. The lowest BCUT2D eigenvalue weighted by Crippen LogP contribution is -2.52. The fourth-order valence-electron chi connectivity index (χ4n) is 1.35. The van der Waals surface area contributed by atoms with E-state index in [1.807, 2.05) is 13.8 Å². The fraction of sp³-hybridized carbons (Fsp3) is 1.00. The molecule has 1 aliphatic rings. The molecule has 0 aromatic rings. The topological polar surface area (TPSA) is 12.5 Å². The molecule has 0 aromatic carbocycles. The van der Waals surface area contributed by atoms with Gasteiger partial charge in [0.25, 0.3) is 0 Å². The van der Waals surface area contributed by atoms with E-state index in [1.165, 1.54) is 0 Å². The van der Waals surface area contributed by atoms with Crippen molar-refractivity contribution in [2.24, 2.45) is 5.92 Å². The Morgan fingerprint density at radius 3 is 2.31 bits per heavy atom. The number of hydrogen-bond donors (Lipinski definition) is 0. The average molecular weight is 197 g/mol. The van der Waals surface area contributed by atoms with Crippen molar-refractivity contribution in [2.75, 3.05) is 19.7 Å². The SMILES string of the molecule is CC(C)N1CC(COC(F)(F)F)C1. The highest BCUT2D eigenvalue weighted by Gasteiger charge is 2.34. The zero-order valence-electron chi connectivity index (χ0n) is 7.77. The Morgan fingerprint density at radius 1 is 1.38 bits per heavy atom. The predicted octanol–water partition coefficient (Wildman–Crippen LogP) is 1.86. The van der Waals surface area contributed by atoms with Crippen LogP contribution in [0, 0.1) is 5.92 Å². The molecule has 0 bridgehead atoms. The van der Waals surface area contributed by atoms with Crippen LogP contribution >= 0.6 is 0 Å².